The molecule has 0 bridgehead atoms. The molecule has 7 heteroatoms. The molecular formula is C21H15Cl2N3OS. The second-order valence-electron chi connectivity index (χ2n) is 6.39. The Balaban J connectivity index is 1.84. The van der Waals surface area contributed by atoms with Crippen molar-refractivity contribution in [3.63, 3.8) is 0 Å². The predicted octanol–water partition coefficient (Wildman–Crippen LogP) is 5.83. The fraction of sp³-hybridized carbons (Fsp3) is 0.0952. The molecule has 0 saturated carbocycles. The van der Waals surface area contributed by atoms with Gasteiger partial charge in [0.05, 0.1) is 21.1 Å². The summed E-state index contributed by atoms with van der Waals surface area (Å²) in [4.78, 5) is 17.6. The largest absolute Gasteiger partial charge is 0.281 e. The van der Waals surface area contributed by atoms with Gasteiger partial charge in [-0.05, 0) is 49.7 Å². The van der Waals surface area contributed by atoms with Gasteiger partial charge in [0.25, 0.3) is 5.56 Å². The lowest BCUT2D eigenvalue weighted by atomic mass is 10.1. The number of hydrogen-bond donors (Lipinski definition) is 0. The van der Waals surface area contributed by atoms with E-state index < -0.39 is 5.56 Å². The minimum Gasteiger partial charge on any atom is -0.267 e. The lowest BCUT2D eigenvalue weighted by molar-refractivity contribution is 0.824. The van der Waals surface area contributed by atoms with Crippen molar-refractivity contribution in [3.05, 3.63) is 86.4 Å². The molecule has 4 nitrogen and oxygen atoms in total. The molecule has 0 amide bonds. The smallest absolute Gasteiger partial charge is 0.267 e. The fourth-order valence-electron chi connectivity index (χ4n) is 3.04. The van der Waals surface area contributed by atoms with Crippen molar-refractivity contribution < 1.29 is 0 Å². The van der Waals surface area contributed by atoms with E-state index in [0.29, 0.717) is 26.7 Å². The molecule has 0 atom stereocenters. The normalized spacial score (nSPS) is 11.1. The number of nitrogens with zero attached hydrogens (tertiary/aromatic N) is 3. The topological polar surface area (TPSA) is 47.3 Å². The number of aryl methyl sites for hydroxylation is 2. The van der Waals surface area contributed by atoms with Crippen LogP contribution in [-0.4, -0.2) is 14.6 Å². The maximum atomic E-state index is 12.5. The lowest BCUT2D eigenvalue weighted by Gasteiger charge is -2.11. The summed E-state index contributed by atoms with van der Waals surface area (Å²) in [5, 5.41) is 6.20. The number of benzene rings is 2. The zero-order valence-electron chi connectivity index (χ0n) is 15.1. The molecule has 0 spiro atoms. The fourth-order valence-corrected chi connectivity index (χ4v) is 4.47. The van der Waals surface area contributed by atoms with Gasteiger partial charge in [0.15, 0.2) is 0 Å². The van der Waals surface area contributed by atoms with E-state index in [1.807, 2.05) is 12.1 Å². The number of aromatic nitrogens is 3. The van der Waals surface area contributed by atoms with Crippen LogP contribution in [0.3, 0.4) is 0 Å². The van der Waals surface area contributed by atoms with Crippen molar-refractivity contribution in [2.24, 2.45) is 0 Å². The van der Waals surface area contributed by atoms with E-state index in [-0.39, 0.29) is 0 Å². The monoisotopic (exact) mass is 427 g/mol. The molecule has 140 valence electrons. The summed E-state index contributed by atoms with van der Waals surface area (Å²) < 4.78 is 1.59. The Labute approximate surface area is 176 Å². The quantitative estimate of drug-likeness (QED) is 0.412. The first-order chi connectivity index (χ1) is 13.4. The second-order valence-corrected chi connectivity index (χ2v) is 8.27. The number of fused-ring (bicyclic) bond motifs is 1. The van der Waals surface area contributed by atoms with Crippen LogP contribution < -0.4 is 5.56 Å². The van der Waals surface area contributed by atoms with Crippen molar-refractivity contribution in [1.29, 1.82) is 0 Å². The first-order valence-corrected chi connectivity index (χ1v) is 10.1. The van der Waals surface area contributed by atoms with Crippen LogP contribution in [0.4, 0.5) is 0 Å². The molecule has 2 aromatic heterocycles. The molecule has 0 N–H and O–H groups in total. The summed E-state index contributed by atoms with van der Waals surface area (Å²) in [6, 6.07) is 15.2. The van der Waals surface area contributed by atoms with E-state index in [2.05, 4.69) is 42.1 Å². The molecule has 28 heavy (non-hydrogen) atoms. The van der Waals surface area contributed by atoms with Crippen molar-refractivity contribution in [2.45, 2.75) is 23.8 Å². The lowest BCUT2D eigenvalue weighted by Crippen LogP contribution is -2.14. The Bertz CT molecular complexity index is 1250. The van der Waals surface area contributed by atoms with Gasteiger partial charge in [-0.15, -0.1) is 0 Å². The Kier molecular flexibility index (Phi) is 5.15. The average Bonchev–Trinajstić information content (AvgIpc) is 2.65. The van der Waals surface area contributed by atoms with Crippen LogP contribution in [0.2, 0.25) is 10.0 Å². The van der Waals surface area contributed by atoms with Crippen molar-refractivity contribution in [1.82, 2.24) is 14.6 Å². The zero-order chi connectivity index (χ0) is 19.8. The molecule has 2 aromatic carbocycles. The molecule has 2 heterocycles. The zero-order valence-corrected chi connectivity index (χ0v) is 17.4. The highest BCUT2D eigenvalue weighted by Crippen LogP contribution is 2.35. The molecular weight excluding hydrogens is 413 g/mol. The number of halogens is 2. The summed E-state index contributed by atoms with van der Waals surface area (Å²) in [5.41, 5.74) is 3.42. The number of hydrogen-bond acceptors (Lipinski definition) is 4. The van der Waals surface area contributed by atoms with Gasteiger partial charge in [0.1, 0.15) is 11.4 Å². The Morgan fingerprint density at radius 1 is 0.964 bits per heavy atom. The maximum Gasteiger partial charge on any atom is 0.281 e. The predicted molar refractivity (Wildman–Crippen MR) is 115 cm³/mol. The van der Waals surface area contributed by atoms with Crippen LogP contribution in [0.25, 0.3) is 16.6 Å². The van der Waals surface area contributed by atoms with Crippen molar-refractivity contribution in [3.8, 4) is 11.1 Å². The van der Waals surface area contributed by atoms with Gasteiger partial charge in [0, 0.05) is 10.5 Å². The van der Waals surface area contributed by atoms with Crippen LogP contribution in [-0.2, 0) is 0 Å². The van der Waals surface area contributed by atoms with Gasteiger partial charge in [-0.1, -0.05) is 58.7 Å². The minimum absolute atomic E-state index is 0.341. The van der Waals surface area contributed by atoms with Gasteiger partial charge in [-0.2, -0.15) is 10.1 Å². The SMILES string of the molecule is Cc1ccc(Sc2ccc3c(-c4c(Cl)cccc4Cl)c(=O)ncn3n2)c(C)c1. The molecule has 0 radical (unpaired) electrons. The summed E-state index contributed by atoms with van der Waals surface area (Å²) in [6.07, 6.45) is 1.41. The summed E-state index contributed by atoms with van der Waals surface area (Å²) >= 11 is 14.2. The molecule has 4 rings (SSSR count). The van der Waals surface area contributed by atoms with E-state index in [9.17, 15) is 4.79 Å². The van der Waals surface area contributed by atoms with Crippen molar-refractivity contribution >= 4 is 40.5 Å². The molecule has 0 aliphatic rings. The standard InChI is InChI=1S/C21H15Cl2N3OS/c1-12-6-8-17(13(2)10-12)28-18-9-7-16-20(21(27)24-11-26(16)25-18)19-14(22)4-3-5-15(19)23/h3-11H,1-2H3. The highest BCUT2D eigenvalue weighted by Gasteiger charge is 2.17. The third-order valence-corrected chi connectivity index (χ3v) is 6.08. The summed E-state index contributed by atoms with van der Waals surface area (Å²) in [7, 11) is 0. The van der Waals surface area contributed by atoms with Crippen LogP contribution in [0.15, 0.2) is 69.6 Å². The number of rotatable bonds is 3. The van der Waals surface area contributed by atoms with E-state index in [0.717, 1.165) is 9.92 Å². The molecule has 0 aliphatic carbocycles. The first-order valence-electron chi connectivity index (χ1n) is 8.52. The van der Waals surface area contributed by atoms with Gasteiger partial charge in [0.2, 0.25) is 0 Å². The average molecular weight is 428 g/mol. The third kappa shape index (κ3) is 3.53. The van der Waals surface area contributed by atoms with E-state index in [1.54, 1.807) is 34.5 Å². The minimum atomic E-state index is -0.397. The maximum absolute atomic E-state index is 12.5. The summed E-state index contributed by atoms with van der Waals surface area (Å²) in [6.45, 7) is 4.14. The Hall–Kier alpha value is -2.34. The third-order valence-electron chi connectivity index (χ3n) is 4.35. The van der Waals surface area contributed by atoms with E-state index in [1.165, 1.54) is 17.5 Å². The van der Waals surface area contributed by atoms with Gasteiger partial charge in [-0.3, -0.25) is 4.79 Å². The van der Waals surface area contributed by atoms with E-state index in [4.69, 9.17) is 23.2 Å². The van der Waals surface area contributed by atoms with E-state index >= 15 is 0 Å². The van der Waals surface area contributed by atoms with Crippen LogP contribution in [0.5, 0.6) is 0 Å². The van der Waals surface area contributed by atoms with Gasteiger partial charge < -0.3 is 0 Å². The first kappa shape index (κ1) is 19.0. The van der Waals surface area contributed by atoms with Crippen LogP contribution in [0, 0.1) is 13.8 Å². The van der Waals surface area contributed by atoms with Crippen LogP contribution >= 0.6 is 35.0 Å². The highest BCUT2D eigenvalue weighted by molar-refractivity contribution is 7.99. The summed E-state index contributed by atoms with van der Waals surface area (Å²) in [5.74, 6) is 0. The second kappa shape index (κ2) is 7.59. The van der Waals surface area contributed by atoms with Crippen LogP contribution in [0.1, 0.15) is 11.1 Å². The Morgan fingerprint density at radius 2 is 1.71 bits per heavy atom. The van der Waals surface area contributed by atoms with Crippen molar-refractivity contribution in [2.75, 3.05) is 0 Å². The van der Waals surface area contributed by atoms with Gasteiger partial charge in [-0.25, -0.2) is 4.52 Å². The molecule has 4 aromatic rings. The highest BCUT2D eigenvalue weighted by atomic mass is 35.5. The van der Waals surface area contributed by atoms with Gasteiger partial charge >= 0.3 is 0 Å². The molecule has 0 fully saturated rings. The molecule has 0 unspecified atom stereocenters. The Morgan fingerprint density at radius 3 is 2.43 bits per heavy atom. The molecule has 0 aliphatic heterocycles. The molecule has 0 saturated heterocycles.